The molecule has 1 fully saturated rings. The van der Waals surface area contributed by atoms with E-state index in [4.69, 9.17) is 16.2 Å². The summed E-state index contributed by atoms with van der Waals surface area (Å²) in [5, 5.41) is 0. The highest BCUT2D eigenvalue weighted by molar-refractivity contribution is 7.06. The highest BCUT2D eigenvalue weighted by atomic mass is 32.1. The lowest BCUT2D eigenvalue weighted by Crippen LogP contribution is -2.46. The van der Waals surface area contributed by atoms with Crippen molar-refractivity contribution in [3.8, 4) is 17.0 Å². The first-order chi connectivity index (χ1) is 16.5. The summed E-state index contributed by atoms with van der Waals surface area (Å²) in [6.07, 6.45) is 3.66. The molecule has 10 heteroatoms. The number of carbonyl (C=O) groups excluding carboxylic acids is 3. The molecule has 35 heavy (non-hydrogen) atoms. The summed E-state index contributed by atoms with van der Waals surface area (Å²) >= 11 is 1.27. The molecule has 1 saturated carbocycles. The molecule has 2 heterocycles. The molecule has 1 aliphatic rings. The van der Waals surface area contributed by atoms with Crippen molar-refractivity contribution in [3.63, 3.8) is 0 Å². The van der Waals surface area contributed by atoms with Crippen molar-refractivity contribution < 1.29 is 23.5 Å². The van der Waals surface area contributed by atoms with Gasteiger partial charge in [-0.15, -0.1) is 0 Å². The molecule has 0 aliphatic heterocycles. The molecule has 1 atom stereocenters. The summed E-state index contributed by atoms with van der Waals surface area (Å²) in [6.45, 7) is 5.02. The van der Waals surface area contributed by atoms with Gasteiger partial charge in [-0.1, -0.05) is 6.07 Å². The van der Waals surface area contributed by atoms with Crippen LogP contribution in [0.1, 0.15) is 65.4 Å². The molecule has 0 bridgehead atoms. The minimum absolute atomic E-state index is 0.0204. The van der Waals surface area contributed by atoms with Crippen molar-refractivity contribution in [3.05, 3.63) is 64.5 Å². The lowest BCUT2D eigenvalue weighted by molar-refractivity contribution is -0.121. The van der Waals surface area contributed by atoms with Crippen LogP contribution in [0.2, 0.25) is 0 Å². The van der Waals surface area contributed by atoms with Gasteiger partial charge in [0.25, 0.3) is 0 Å². The van der Waals surface area contributed by atoms with E-state index in [0.717, 1.165) is 17.7 Å². The number of pyridine rings is 1. The highest BCUT2D eigenvalue weighted by Gasteiger charge is 2.31. The van der Waals surface area contributed by atoms with Crippen molar-refractivity contribution in [2.45, 2.75) is 45.3 Å². The number of Topliss-reactive ketones (excluding diaryl/α,β-unsaturated/α-hetero) is 1. The van der Waals surface area contributed by atoms with Gasteiger partial charge >= 0.3 is 0 Å². The van der Waals surface area contributed by atoms with Crippen LogP contribution in [0.15, 0.2) is 42.6 Å². The predicted molar refractivity (Wildman–Crippen MR) is 131 cm³/mol. The minimum atomic E-state index is -0.861. The summed E-state index contributed by atoms with van der Waals surface area (Å²) < 4.78 is 24.1. The smallest absolute Gasteiger partial charge is 0.236 e. The van der Waals surface area contributed by atoms with Crippen LogP contribution in [0.25, 0.3) is 11.3 Å². The molecule has 3 aromatic rings. The topological polar surface area (TPSA) is 138 Å². The van der Waals surface area contributed by atoms with Crippen molar-refractivity contribution in [2.75, 3.05) is 0 Å². The Labute approximate surface area is 206 Å². The standard InChI is InChI=1S/C21H17FN2O3S.C4H10N2O/c1-12(27-16-6-7-18(23-10-16)21(26)13-2-3-13)20-9-19(24-28-20)14-4-5-15(11-25)17(22)8-14;1-4(2,6)3(5)7/h4-13H,2-3H2,1H3;6H2,1-2H3,(H2,5,7). The summed E-state index contributed by atoms with van der Waals surface area (Å²) in [7, 11) is 0. The molecule has 0 radical (unpaired) electrons. The van der Waals surface area contributed by atoms with Gasteiger partial charge in [0.05, 0.1) is 27.9 Å². The van der Waals surface area contributed by atoms with Crippen LogP contribution in [0.5, 0.6) is 5.75 Å². The second-order valence-corrected chi connectivity index (χ2v) is 9.67. The molecular formula is C25H27FN4O4S. The van der Waals surface area contributed by atoms with Crippen molar-refractivity contribution >= 4 is 29.5 Å². The monoisotopic (exact) mass is 498 g/mol. The van der Waals surface area contributed by atoms with Crippen LogP contribution in [-0.4, -0.2) is 32.9 Å². The third-order valence-electron chi connectivity index (χ3n) is 5.24. The Kier molecular flexibility index (Phi) is 8.08. The molecule has 1 amide bonds. The Hall–Kier alpha value is -3.50. The van der Waals surface area contributed by atoms with E-state index in [1.54, 1.807) is 38.2 Å². The molecule has 184 valence electrons. The quantitative estimate of drug-likeness (QED) is 0.352. The molecule has 0 saturated heterocycles. The van der Waals surface area contributed by atoms with Crippen LogP contribution in [0, 0.1) is 11.7 Å². The fourth-order valence-electron chi connectivity index (χ4n) is 2.81. The van der Waals surface area contributed by atoms with Crippen LogP contribution in [0.3, 0.4) is 0 Å². The van der Waals surface area contributed by atoms with E-state index in [2.05, 4.69) is 9.36 Å². The van der Waals surface area contributed by atoms with E-state index >= 15 is 0 Å². The first-order valence-corrected chi connectivity index (χ1v) is 11.7. The SMILES string of the molecule is CC(C)(N)C(N)=O.CC(Oc1ccc(C(=O)C2CC2)nc1)c1cc(-c2ccc(C=O)c(F)c2)ns1. The van der Waals surface area contributed by atoms with Crippen LogP contribution in [0.4, 0.5) is 4.39 Å². The number of ether oxygens (including phenoxy) is 1. The second-order valence-electron chi connectivity index (χ2n) is 8.83. The Balaban J connectivity index is 0.000000429. The van der Waals surface area contributed by atoms with Crippen LogP contribution in [-0.2, 0) is 4.79 Å². The van der Waals surface area contributed by atoms with Gasteiger partial charge in [0.1, 0.15) is 23.4 Å². The average Bonchev–Trinajstić information content (AvgIpc) is 3.54. The zero-order chi connectivity index (χ0) is 25.8. The number of carbonyl (C=O) groups is 3. The maximum absolute atomic E-state index is 13.8. The van der Waals surface area contributed by atoms with E-state index < -0.39 is 17.3 Å². The lowest BCUT2D eigenvalue weighted by Gasteiger charge is -2.12. The van der Waals surface area contributed by atoms with Gasteiger partial charge in [-0.2, -0.15) is 4.37 Å². The molecular weight excluding hydrogens is 471 g/mol. The number of amides is 1. The number of hydrogen-bond acceptors (Lipinski definition) is 8. The predicted octanol–water partition coefficient (Wildman–Crippen LogP) is 4.10. The number of nitrogens with two attached hydrogens (primary N) is 2. The van der Waals surface area contributed by atoms with Gasteiger partial charge in [0, 0.05) is 11.5 Å². The molecule has 1 aliphatic carbocycles. The Morgan fingerprint density at radius 1 is 1.23 bits per heavy atom. The first-order valence-electron chi connectivity index (χ1n) is 11.0. The average molecular weight is 499 g/mol. The number of halogens is 1. The first kappa shape index (κ1) is 26.1. The fraction of sp³-hybridized carbons (Fsp3) is 0.320. The fourth-order valence-corrected chi connectivity index (χ4v) is 3.53. The summed E-state index contributed by atoms with van der Waals surface area (Å²) in [5.41, 5.74) is 10.9. The molecule has 2 aromatic heterocycles. The Bertz CT molecular complexity index is 1220. The van der Waals surface area contributed by atoms with Gasteiger partial charge < -0.3 is 16.2 Å². The number of ketones is 1. The van der Waals surface area contributed by atoms with Gasteiger partial charge in [-0.05, 0) is 75.5 Å². The normalized spacial score (nSPS) is 13.9. The Morgan fingerprint density at radius 3 is 2.43 bits per heavy atom. The number of rotatable bonds is 8. The van der Waals surface area contributed by atoms with Gasteiger partial charge in [-0.25, -0.2) is 9.37 Å². The molecule has 4 rings (SSSR count). The molecule has 1 unspecified atom stereocenters. The van der Waals surface area contributed by atoms with E-state index in [9.17, 15) is 18.8 Å². The number of aromatic nitrogens is 2. The molecule has 1 aromatic carbocycles. The third kappa shape index (κ3) is 7.00. The van der Waals surface area contributed by atoms with E-state index in [1.165, 1.54) is 23.7 Å². The molecule has 8 nitrogen and oxygen atoms in total. The minimum Gasteiger partial charge on any atom is -0.484 e. The number of primary amides is 1. The zero-order valence-corrected chi connectivity index (χ0v) is 20.5. The maximum atomic E-state index is 13.8. The number of aldehydes is 1. The van der Waals surface area contributed by atoms with Gasteiger partial charge in [0.15, 0.2) is 12.1 Å². The number of benzene rings is 1. The highest BCUT2D eigenvalue weighted by Crippen LogP contribution is 2.33. The molecule has 0 spiro atoms. The maximum Gasteiger partial charge on any atom is 0.236 e. The number of nitrogens with zero attached hydrogens (tertiary/aromatic N) is 2. The van der Waals surface area contributed by atoms with E-state index in [1.807, 2.05) is 13.0 Å². The van der Waals surface area contributed by atoms with Crippen molar-refractivity contribution in [1.29, 1.82) is 0 Å². The third-order valence-corrected chi connectivity index (χ3v) is 6.19. The largest absolute Gasteiger partial charge is 0.484 e. The van der Waals surface area contributed by atoms with Gasteiger partial charge in [0.2, 0.25) is 5.91 Å². The Morgan fingerprint density at radius 2 is 1.91 bits per heavy atom. The summed E-state index contributed by atoms with van der Waals surface area (Å²) in [6, 6.07) is 9.67. The summed E-state index contributed by atoms with van der Waals surface area (Å²) in [5.74, 6) is -0.249. The van der Waals surface area contributed by atoms with Crippen molar-refractivity contribution in [2.24, 2.45) is 17.4 Å². The lowest BCUT2D eigenvalue weighted by atomic mass is 10.1. The van der Waals surface area contributed by atoms with Crippen LogP contribution < -0.4 is 16.2 Å². The van der Waals surface area contributed by atoms with Crippen LogP contribution >= 0.6 is 11.5 Å². The zero-order valence-electron chi connectivity index (χ0n) is 19.7. The summed E-state index contributed by atoms with van der Waals surface area (Å²) in [4.78, 5) is 37.9. The number of hydrogen-bond donors (Lipinski definition) is 2. The van der Waals surface area contributed by atoms with Gasteiger partial charge in [-0.3, -0.25) is 14.4 Å². The van der Waals surface area contributed by atoms with E-state index in [-0.39, 0.29) is 23.4 Å². The van der Waals surface area contributed by atoms with E-state index in [0.29, 0.717) is 29.0 Å². The molecule has 4 N–H and O–H groups in total. The second kappa shape index (κ2) is 10.8. The van der Waals surface area contributed by atoms with Crippen molar-refractivity contribution in [1.82, 2.24) is 9.36 Å².